The Morgan fingerprint density at radius 1 is 0.341 bits per heavy atom. The van der Waals surface area contributed by atoms with Crippen molar-refractivity contribution in [2.24, 2.45) is 0 Å². The van der Waals surface area contributed by atoms with E-state index < -0.39 is 16.7 Å². The maximum Gasteiger partial charge on any atom is 0.737 e. The van der Waals surface area contributed by atoms with Gasteiger partial charge in [-0.1, -0.05) is 140 Å². The van der Waals surface area contributed by atoms with Crippen molar-refractivity contribution in [1.82, 2.24) is 0 Å². The first-order chi connectivity index (χ1) is 20.3. The normalized spacial score (nSPS) is 11.1. The number of hydrogen-bond donors (Lipinski definition) is 0. The van der Waals surface area contributed by atoms with E-state index in [1.807, 2.05) is 97.1 Å². The van der Waals surface area contributed by atoms with E-state index in [2.05, 4.69) is 78.9 Å². The topological polar surface area (TPSA) is 27.7 Å². The zero-order valence-corrected chi connectivity index (χ0v) is 24.3. The van der Waals surface area contributed by atoms with Crippen molar-refractivity contribution >= 4 is 37.8 Å². The number of para-hydroxylation sites is 3. The molecule has 0 aliphatic carbocycles. The minimum absolute atomic E-state index is 0.685. The fraction of sp³-hybridized carbons (Fsp3) is 0. The molecule has 6 aromatic rings. The molecule has 6 rings (SSSR count). The van der Waals surface area contributed by atoms with Crippen LogP contribution in [0.4, 0.5) is 0 Å². The number of hydrogen-bond acceptors (Lipinski definition) is 3. The van der Waals surface area contributed by atoms with Gasteiger partial charge in [-0.2, -0.15) is 0 Å². The molecule has 0 heterocycles. The van der Waals surface area contributed by atoms with E-state index in [0.717, 1.165) is 10.5 Å². The third-order valence-corrected chi connectivity index (χ3v) is 11.8. The fourth-order valence-corrected chi connectivity index (χ4v) is 10.3. The van der Waals surface area contributed by atoms with Crippen LogP contribution in [0, 0.1) is 0 Å². The Labute approximate surface area is 243 Å². The molecule has 6 aromatic carbocycles. The molecule has 0 unspecified atom stereocenters. The summed E-state index contributed by atoms with van der Waals surface area (Å²) in [6.07, 6.45) is 0. The largest absolute Gasteiger partial charge is 0.737 e. The van der Waals surface area contributed by atoms with E-state index in [-0.39, 0.29) is 0 Å². The Morgan fingerprint density at radius 2 is 0.659 bits per heavy atom. The number of benzene rings is 6. The minimum atomic E-state index is -3.75. The van der Waals surface area contributed by atoms with Gasteiger partial charge in [0.2, 0.25) is 0 Å². The monoisotopic (exact) mass is 568 g/mol. The Balaban J connectivity index is 1.60. The highest BCUT2D eigenvalue weighted by Crippen LogP contribution is 2.34. The van der Waals surface area contributed by atoms with Gasteiger partial charge in [0.1, 0.15) is 17.2 Å². The Bertz CT molecular complexity index is 1510. The summed E-state index contributed by atoms with van der Waals surface area (Å²) in [4.78, 5) is 0. The predicted octanol–water partition coefficient (Wildman–Crippen LogP) is 6.83. The highest BCUT2D eigenvalue weighted by atomic mass is 31.1. The number of rotatable bonds is 10. The Kier molecular flexibility index (Phi) is 8.23. The van der Waals surface area contributed by atoms with Crippen molar-refractivity contribution in [3.8, 4) is 17.2 Å². The van der Waals surface area contributed by atoms with Gasteiger partial charge in [0, 0.05) is 0 Å². The molecule has 0 aliphatic rings. The van der Waals surface area contributed by atoms with E-state index in [4.69, 9.17) is 13.3 Å². The van der Waals surface area contributed by atoms with Crippen LogP contribution in [0.2, 0.25) is 0 Å². The first-order valence-electron chi connectivity index (χ1n) is 13.5. The molecule has 0 saturated heterocycles. The van der Waals surface area contributed by atoms with Crippen LogP contribution in [0.1, 0.15) is 0 Å². The van der Waals surface area contributed by atoms with Gasteiger partial charge in [-0.25, -0.2) is 0 Å². The molecule has 0 saturated carbocycles. The van der Waals surface area contributed by atoms with Gasteiger partial charge in [-0.15, -0.1) is 0 Å². The minimum Gasteiger partial charge on any atom is -0.480 e. The second-order valence-corrected chi connectivity index (χ2v) is 13.8. The van der Waals surface area contributed by atoms with Crippen LogP contribution in [-0.2, 0) is 0 Å². The molecule has 0 amide bonds. The molecule has 0 radical (unpaired) electrons. The summed E-state index contributed by atoms with van der Waals surface area (Å²) >= 11 is 0. The summed E-state index contributed by atoms with van der Waals surface area (Å²) in [7, 11) is -4.71. The summed E-state index contributed by atoms with van der Waals surface area (Å²) in [5.74, 6) is 2.05. The van der Waals surface area contributed by atoms with E-state index >= 15 is 0 Å². The molecule has 0 aromatic heterocycles. The summed E-state index contributed by atoms with van der Waals surface area (Å²) in [5, 5.41) is 4.54. The summed E-state index contributed by atoms with van der Waals surface area (Å²) < 4.78 is 20.9. The smallest absolute Gasteiger partial charge is 0.480 e. The van der Waals surface area contributed by atoms with E-state index in [0.29, 0.717) is 17.2 Å². The highest BCUT2D eigenvalue weighted by molar-refractivity contribution is 7.80. The van der Waals surface area contributed by atoms with E-state index in [9.17, 15) is 0 Å². The second-order valence-electron chi connectivity index (χ2n) is 9.33. The van der Waals surface area contributed by atoms with Crippen LogP contribution in [-0.4, -0.2) is 8.80 Å². The van der Waals surface area contributed by atoms with Gasteiger partial charge in [0.25, 0.3) is 0 Å². The summed E-state index contributed by atoms with van der Waals surface area (Å²) in [5.41, 5.74) is 0. The Hall–Kier alpha value is -4.63. The van der Waals surface area contributed by atoms with Crippen molar-refractivity contribution < 1.29 is 13.3 Å². The molecule has 0 N–H and O–H groups in total. The van der Waals surface area contributed by atoms with Crippen molar-refractivity contribution in [3.05, 3.63) is 176 Å². The van der Waals surface area contributed by atoms with Crippen molar-refractivity contribution in [1.29, 1.82) is 0 Å². The molecule has 0 aliphatic heterocycles. The van der Waals surface area contributed by atoms with Gasteiger partial charge >= 0.3 is 8.80 Å². The Morgan fingerprint density at radius 3 is 1.05 bits per heavy atom. The molecule has 41 heavy (non-hydrogen) atoms. The molecule has 200 valence electrons. The first kappa shape index (κ1) is 26.6. The molecule has 0 bridgehead atoms. The maximum atomic E-state index is 6.96. The molecule has 0 fully saturated rings. The maximum absolute atomic E-state index is 6.96. The molecule has 5 heteroatoms. The zero-order valence-electron chi connectivity index (χ0n) is 22.4. The highest BCUT2D eigenvalue weighted by Gasteiger charge is 2.54. The average molecular weight is 569 g/mol. The first-order valence-corrected chi connectivity index (χ1v) is 16.6. The fourth-order valence-electron chi connectivity index (χ4n) is 4.67. The third kappa shape index (κ3) is 6.25. The summed E-state index contributed by atoms with van der Waals surface area (Å²) in [6.45, 7) is 0. The van der Waals surface area contributed by atoms with Gasteiger partial charge < -0.3 is 13.3 Å². The van der Waals surface area contributed by atoms with Crippen molar-refractivity contribution in [2.45, 2.75) is 0 Å². The summed E-state index contributed by atoms with van der Waals surface area (Å²) in [6, 6.07) is 59.2. The molecule has 3 nitrogen and oxygen atoms in total. The van der Waals surface area contributed by atoms with Gasteiger partial charge in [0.15, 0.2) is 0 Å². The zero-order chi connectivity index (χ0) is 27.7. The van der Waals surface area contributed by atoms with Crippen LogP contribution in [0.3, 0.4) is 0 Å². The third-order valence-electron chi connectivity index (χ3n) is 6.49. The van der Waals surface area contributed by atoms with Crippen LogP contribution in [0.15, 0.2) is 176 Å². The van der Waals surface area contributed by atoms with Crippen LogP contribution < -0.4 is 34.4 Å². The van der Waals surface area contributed by atoms with Crippen molar-refractivity contribution in [2.75, 3.05) is 0 Å². The van der Waals surface area contributed by atoms with Crippen molar-refractivity contribution in [3.63, 3.8) is 0 Å². The average Bonchev–Trinajstić information content (AvgIpc) is 3.04. The SMILES string of the molecule is c1ccc(O[Si](Oc2ccccc2)(Oc2ccccc2)c2ccccc2P(c2ccccc2)c2ccccc2)cc1. The lowest BCUT2D eigenvalue weighted by Crippen LogP contribution is -2.68. The van der Waals surface area contributed by atoms with Crippen LogP contribution >= 0.6 is 7.92 Å². The van der Waals surface area contributed by atoms with E-state index in [1.165, 1.54) is 10.6 Å². The van der Waals surface area contributed by atoms with E-state index in [1.54, 1.807) is 0 Å². The van der Waals surface area contributed by atoms with Gasteiger partial charge in [-0.3, -0.25) is 0 Å². The van der Waals surface area contributed by atoms with Crippen LogP contribution in [0.25, 0.3) is 0 Å². The second kappa shape index (κ2) is 12.7. The lowest BCUT2D eigenvalue weighted by Gasteiger charge is -2.33. The standard InChI is InChI=1S/C36H29O3PSi/c1-6-18-30(19-7-1)37-41(38-31-20-8-2-9-21-31,39-32-22-10-3-11-23-32)36-29-17-16-28-35(36)40(33-24-12-4-13-25-33)34-26-14-5-15-27-34/h1-29H. The molecule has 0 spiro atoms. The van der Waals surface area contributed by atoms with Crippen LogP contribution in [0.5, 0.6) is 17.2 Å². The lowest BCUT2D eigenvalue weighted by molar-refractivity contribution is 0.281. The predicted molar refractivity (Wildman–Crippen MR) is 172 cm³/mol. The molecular formula is C36H29O3PSi. The quantitative estimate of drug-likeness (QED) is 0.134. The lowest BCUT2D eigenvalue weighted by atomic mass is 10.3. The van der Waals surface area contributed by atoms with Gasteiger partial charge in [0.05, 0.1) is 5.19 Å². The van der Waals surface area contributed by atoms with Gasteiger partial charge in [-0.05, 0) is 60.2 Å². The molecular weight excluding hydrogens is 539 g/mol. The molecule has 0 atom stereocenters.